The molecular weight excluding hydrogens is 368 g/mol. The van der Waals surface area contributed by atoms with Gasteiger partial charge in [-0.15, -0.1) is 11.8 Å². The molecule has 2 amide bonds. The zero-order valence-electron chi connectivity index (χ0n) is 15.5. The molecule has 1 aromatic carbocycles. The number of carbonyl (C=O) groups is 3. The Bertz CT molecular complexity index is 741. The van der Waals surface area contributed by atoms with Crippen molar-refractivity contribution in [3.05, 3.63) is 29.8 Å². The number of carbonyl (C=O) groups excluding carboxylic acids is 3. The van der Waals surface area contributed by atoms with Gasteiger partial charge in [0.1, 0.15) is 11.8 Å². The number of para-hydroxylation sites is 1. The molecule has 2 aliphatic heterocycles. The summed E-state index contributed by atoms with van der Waals surface area (Å²) in [6, 6.07) is 7.00. The van der Waals surface area contributed by atoms with E-state index in [1.54, 1.807) is 23.8 Å². The Hall–Kier alpha value is -2.22. The van der Waals surface area contributed by atoms with Gasteiger partial charge in [0.05, 0.1) is 12.0 Å². The summed E-state index contributed by atoms with van der Waals surface area (Å²) in [7, 11) is 1.61. The number of rotatable bonds is 7. The van der Waals surface area contributed by atoms with Gasteiger partial charge < -0.3 is 19.7 Å². The Morgan fingerprint density at radius 3 is 2.93 bits per heavy atom. The van der Waals surface area contributed by atoms with Crippen LogP contribution < -0.4 is 10.1 Å². The lowest BCUT2D eigenvalue weighted by Gasteiger charge is -2.29. The molecule has 7 nitrogen and oxygen atoms in total. The SMILES string of the molecule is COc1ccccc1CCNC(=O)COC(=O)[C@H]1CS[C@]2(C)CCC(=O)N12. The van der Waals surface area contributed by atoms with E-state index in [1.807, 2.05) is 31.2 Å². The van der Waals surface area contributed by atoms with Crippen molar-refractivity contribution in [3.63, 3.8) is 0 Å². The Labute approximate surface area is 162 Å². The molecular formula is C19H24N2O5S. The van der Waals surface area contributed by atoms with Crippen LogP contribution >= 0.6 is 11.8 Å². The van der Waals surface area contributed by atoms with Gasteiger partial charge in [0.25, 0.3) is 5.91 Å². The van der Waals surface area contributed by atoms with Crippen LogP contribution in [0.15, 0.2) is 24.3 Å². The summed E-state index contributed by atoms with van der Waals surface area (Å²) in [4.78, 5) is 37.7. The molecule has 0 saturated carbocycles. The topological polar surface area (TPSA) is 84.9 Å². The lowest BCUT2D eigenvalue weighted by atomic mass is 10.1. The molecule has 0 spiro atoms. The van der Waals surface area contributed by atoms with E-state index in [1.165, 1.54) is 0 Å². The molecule has 2 saturated heterocycles. The Morgan fingerprint density at radius 2 is 2.15 bits per heavy atom. The first-order valence-corrected chi connectivity index (χ1v) is 9.94. The van der Waals surface area contributed by atoms with E-state index in [2.05, 4.69) is 5.32 Å². The Kier molecular flexibility index (Phi) is 5.94. The number of thioether (sulfide) groups is 1. The third kappa shape index (κ3) is 4.21. The molecule has 0 unspecified atom stereocenters. The first kappa shape index (κ1) is 19.5. The molecule has 0 bridgehead atoms. The van der Waals surface area contributed by atoms with E-state index < -0.39 is 12.0 Å². The number of benzene rings is 1. The number of hydrogen-bond acceptors (Lipinski definition) is 6. The summed E-state index contributed by atoms with van der Waals surface area (Å²) >= 11 is 1.60. The van der Waals surface area contributed by atoms with Gasteiger partial charge in [-0.3, -0.25) is 9.59 Å². The lowest BCUT2D eigenvalue weighted by molar-refractivity contribution is -0.156. The Morgan fingerprint density at radius 1 is 1.37 bits per heavy atom. The van der Waals surface area contributed by atoms with Gasteiger partial charge in [-0.05, 0) is 31.4 Å². The average Bonchev–Trinajstić information content (AvgIpc) is 3.16. The molecule has 8 heteroatoms. The molecule has 2 fully saturated rings. The number of amides is 2. The van der Waals surface area contributed by atoms with E-state index >= 15 is 0 Å². The number of hydrogen-bond donors (Lipinski definition) is 1. The second kappa shape index (κ2) is 8.21. The van der Waals surface area contributed by atoms with Crippen LogP contribution in [-0.4, -0.2) is 59.6 Å². The summed E-state index contributed by atoms with van der Waals surface area (Å²) in [5.74, 6) is 0.387. The van der Waals surface area contributed by atoms with Gasteiger partial charge in [-0.25, -0.2) is 4.79 Å². The minimum absolute atomic E-state index is 0.0225. The maximum Gasteiger partial charge on any atom is 0.330 e. The van der Waals surface area contributed by atoms with Crippen LogP contribution in [0.4, 0.5) is 0 Å². The maximum atomic E-state index is 12.3. The highest BCUT2D eigenvalue weighted by molar-refractivity contribution is 8.01. The van der Waals surface area contributed by atoms with Gasteiger partial charge in [0.2, 0.25) is 5.91 Å². The second-order valence-electron chi connectivity index (χ2n) is 6.79. The normalized spacial score (nSPS) is 23.9. The smallest absolute Gasteiger partial charge is 0.330 e. The summed E-state index contributed by atoms with van der Waals surface area (Å²) in [6.45, 7) is 2.05. The van der Waals surface area contributed by atoms with Gasteiger partial charge in [0, 0.05) is 18.7 Å². The standard InChI is InChI=1S/C19H24N2O5S/c1-19-9-7-17(23)21(19)14(12-27-19)18(24)26-11-16(22)20-10-8-13-5-3-4-6-15(13)25-2/h3-6,14H,7-12H2,1-2H3,(H,20,22)/t14-,19-/m1/s1. The molecule has 2 aliphatic rings. The highest BCUT2D eigenvalue weighted by atomic mass is 32.2. The number of methoxy groups -OCH3 is 1. The van der Waals surface area contributed by atoms with Crippen LogP contribution in [0.25, 0.3) is 0 Å². The van der Waals surface area contributed by atoms with E-state index in [0.29, 0.717) is 25.1 Å². The fraction of sp³-hybridized carbons (Fsp3) is 0.526. The summed E-state index contributed by atoms with van der Waals surface area (Å²) in [6.07, 6.45) is 1.81. The second-order valence-corrected chi connectivity index (χ2v) is 8.29. The third-order valence-electron chi connectivity index (χ3n) is 4.97. The van der Waals surface area contributed by atoms with Gasteiger partial charge in [-0.2, -0.15) is 0 Å². The summed E-state index contributed by atoms with van der Waals surface area (Å²) < 4.78 is 10.4. The van der Waals surface area contributed by atoms with Crippen molar-refractivity contribution in [1.82, 2.24) is 10.2 Å². The predicted octanol–water partition coefficient (Wildman–Crippen LogP) is 1.35. The van der Waals surface area contributed by atoms with E-state index in [-0.39, 0.29) is 23.3 Å². The van der Waals surface area contributed by atoms with Crippen LogP contribution in [0.3, 0.4) is 0 Å². The third-order valence-corrected chi connectivity index (χ3v) is 6.48. The zero-order valence-corrected chi connectivity index (χ0v) is 16.3. The van der Waals surface area contributed by atoms with Crippen molar-refractivity contribution < 1.29 is 23.9 Å². The minimum Gasteiger partial charge on any atom is -0.496 e. The molecule has 1 N–H and O–H groups in total. The highest BCUT2D eigenvalue weighted by Gasteiger charge is 2.53. The number of ether oxygens (including phenoxy) is 2. The Balaban J connectivity index is 1.43. The van der Waals surface area contributed by atoms with Gasteiger partial charge >= 0.3 is 5.97 Å². The molecule has 0 radical (unpaired) electrons. The molecule has 1 aromatic rings. The molecule has 0 aromatic heterocycles. The molecule has 146 valence electrons. The fourth-order valence-corrected chi connectivity index (χ4v) is 4.94. The first-order valence-electron chi connectivity index (χ1n) is 8.96. The monoisotopic (exact) mass is 392 g/mol. The zero-order chi connectivity index (χ0) is 19.4. The number of nitrogens with zero attached hydrogens (tertiary/aromatic N) is 1. The fourth-order valence-electron chi connectivity index (χ4n) is 3.53. The van der Waals surface area contributed by atoms with Crippen LogP contribution in [-0.2, 0) is 25.5 Å². The van der Waals surface area contributed by atoms with Gasteiger partial charge in [0.15, 0.2) is 6.61 Å². The molecule has 3 rings (SSSR count). The number of fused-ring (bicyclic) bond motifs is 1. The van der Waals surface area contributed by atoms with E-state index in [9.17, 15) is 14.4 Å². The van der Waals surface area contributed by atoms with Crippen molar-refractivity contribution >= 4 is 29.5 Å². The van der Waals surface area contributed by atoms with Crippen LogP contribution in [0.1, 0.15) is 25.3 Å². The van der Waals surface area contributed by atoms with E-state index in [4.69, 9.17) is 9.47 Å². The predicted molar refractivity (Wildman–Crippen MR) is 101 cm³/mol. The average molecular weight is 392 g/mol. The maximum absolute atomic E-state index is 12.3. The van der Waals surface area contributed by atoms with Crippen LogP contribution in [0.2, 0.25) is 0 Å². The minimum atomic E-state index is -0.601. The van der Waals surface area contributed by atoms with Crippen molar-refractivity contribution in [1.29, 1.82) is 0 Å². The molecule has 2 heterocycles. The van der Waals surface area contributed by atoms with E-state index in [0.717, 1.165) is 17.7 Å². The van der Waals surface area contributed by atoms with Gasteiger partial charge in [-0.1, -0.05) is 18.2 Å². The number of nitrogens with one attached hydrogen (secondary N) is 1. The van der Waals surface area contributed by atoms with Crippen LogP contribution in [0.5, 0.6) is 5.75 Å². The van der Waals surface area contributed by atoms with Crippen molar-refractivity contribution in [3.8, 4) is 5.75 Å². The molecule has 0 aliphatic carbocycles. The summed E-state index contributed by atoms with van der Waals surface area (Å²) in [5, 5.41) is 2.73. The summed E-state index contributed by atoms with van der Waals surface area (Å²) in [5.41, 5.74) is 0.993. The largest absolute Gasteiger partial charge is 0.496 e. The lowest BCUT2D eigenvalue weighted by Crippen LogP contribution is -2.47. The molecule has 2 atom stereocenters. The number of esters is 1. The molecule has 27 heavy (non-hydrogen) atoms. The van der Waals surface area contributed by atoms with Crippen LogP contribution in [0, 0.1) is 0 Å². The van der Waals surface area contributed by atoms with Crippen molar-refractivity contribution in [2.75, 3.05) is 26.0 Å². The van der Waals surface area contributed by atoms with Crippen molar-refractivity contribution in [2.45, 2.75) is 37.1 Å². The first-order chi connectivity index (χ1) is 12.9. The highest BCUT2D eigenvalue weighted by Crippen LogP contribution is 2.47. The quantitative estimate of drug-likeness (QED) is 0.705. The van der Waals surface area contributed by atoms with Crippen molar-refractivity contribution in [2.24, 2.45) is 0 Å².